The lowest BCUT2D eigenvalue weighted by Crippen LogP contribution is -2.53. The van der Waals surface area contributed by atoms with Crippen LogP contribution in [-0.4, -0.2) is 46.4 Å². The van der Waals surface area contributed by atoms with E-state index in [2.05, 4.69) is 5.10 Å². The van der Waals surface area contributed by atoms with E-state index in [1.54, 1.807) is 22.0 Å². The predicted octanol–water partition coefficient (Wildman–Crippen LogP) is 0.317. The van der Waals surface area contributed by atoms with Gasteiger partial charge in [0.2, 0.25) is 0 Å². The molecule has 2 aliphatic heterocycles. The first-order valence-electron chi connectivity index (χ1n) is 6.12. The van der Waals surface area contributed by atoms with Gasteiger partial charge in [0.15, 0.2) is 0 Å². The molecule has 0 spiro atoms. The van der Waals surface area contributed by atoms with Gasteiger partial charge in [-0.05, 0) is 12.8 Å². The predicted molar refractivity (Wildman–Crippen MR) is 61.5 cm³/mol. The summed E-state index contributed by atoms with van der Waals surface area (Å²) < 4.78 is 7.14. The summed E-state index contributed by atoms with van der Waals surface area (Å²) in [6.07, 6.45) is 4.83. The van der Waals surface area contributed by atoms with E-state index in [9.17, 15) is 4.79 Å². The van der Waals surface area contributed by atoms with Gasteiger partial charge < -0.3 is 9.64 Å². The van der Waals surface area contributed by atoms with E-state index in [1.807, 2.05) is 6.07 Å². The van der Waals surface area contributed by atoms with E-state index in [1.165, 1.54) is 0 Å². The number of nitriles is 1. The number of hydrogen-bond acceptors (Lipinski definition) is 4. The molecule has 2 fully saturated rings. The number of likely N-dealkylation sites (tertiary alicyclic amines) is 1. The highest BCUT2D eigenvalue weighted by atomic mass is 16.5. The molecule has 0 aromatic carbocycles. The van der Waals surface area contributed by atoms with Crippen molar-refractivity contribution in [1.29, 1.82) is 5.26 Å². The van der Waals surface area contributed by atoms with Crippen LogP contribution >= 0.6 is 0 Å². The van der Waals surface area contributed by atoms with Gasteiger partial charge in [-0.2, -0.15) is 10.4 Å². The van der Waals surface area contributed by atoms with Gasteiger partial charge in [-0.15, -0.1) is 0 Å². The van der Waals surface area contributed by atoms with Gasteiger partial charge in [0.1, 0.15) is 12.2 Å². The van der Waals surface area contributed by atoms with E-state index < -0.39 is 0 Å². The van der Waals surface area contributed by atoms with Crippen LogP contribution in [0.4, 0.5) is 0 Å². The largest absolute Gasteiger partial charge is 0.368 e. The van der Waals surface area contributed by atoms with Crippen LogP contribution in [0, 0.1) is 11.3 Å². The molecule has 3 heterocycles. The first-order chi connectivity index (χ1) is 8.78. The van der Waals surface area contributed by atoms with Crippen molar-refractivity contribution in [2.75, 3.05) is 19.7 Å². The Bertz CT molecular complexity index is 492. The Kier molecular flexibility index (Phi) is 2.76. The molecule has 1 unspecified atom stereocenters. The first kappa shape index (κ1) is 11.2. The maximum absolute atomic E-state index is 12.0. The van der Waals surface area contributed by atoms with Crippen molar-refractivity contribution in [2.45, 2.75) is 25.0 Å². The molecule has 3 rings (SSSR count). The first-order valence-corrected chi connectivity index (χ1v) is 6.12. The van der Waals surface area contributed by atoms with E-state index in [4.69, 9.17) is 10.00 Å². The molecule has 0 saturated carbocycles. The molecule has 6 heteroatoms. The van der Waals surface area contributed by atoms with Gasteiger partial charge in [0, 0.05) is 25.9 Å². The third-order valence-electron chi connectivity index (χ3n) is 3.48. The summed E-state index contributed by atoms with van der Waals surface area (Å²) in [6.45, 7) is 2.01. The molecule has 0 radical (unpaired) electrons. The Hall–Kier alpha value is -1.87. The second-order valence-corrected chi connectivity index (χ2v) is 4.72. The van der Waals surface area contributed by atoms with Crippen LogP contribution < -0.4 is 0 Å². The SMILES string of the molecule is N#Cc1cnn(C2CN(C(=O)C3CCCO3)C2)c1. The zero-order chi connectivity index (χ0) is 12.5. The Morgan fingerprint density at radius 1 is 1.56 bits per heavy atom. The molecule has 1 aromatic rings. The monoisotopic (exact) mass is 246 g/mol. The summed E-state index contributed by atoms with van der Waals surface area (Å²) in [5, 5.41) is 12.8. The van der Waals surface area contributed by atoms with Crippen LogP contribution in [0.1, 0.15) is 24.4 Å². The van der Waals surface area contributed by atoms with Gasteiger partial charge in [0.05, 0.1) is 17.8 Å². The third kappa shape index (κ3) is 1.87. The fourth-order valence-corrected chi connectivity index (χ4v) is 2.37. The maximum Gasteiger partial charge on any atom is 0.251 e. The Morgan fingerprint density at radius 3 is 3.00 bits per heavy atom. The van der Waals surface area contributed by atoms with Gasteiger partial charge in [0.25, 0.3) is 5.91 Å². The average Bonchev–Trinajstić information content (AvgIpc) is 2.98. The minimum Gasteiger partial charge on any atom is -0.368 e. The second-order valence-electron chi connectivity index (χ2n) is 4.72. The van der Waals surface area contributed by atoms with Crippen molar-refractivity contribution in [2.24, 2.45) is 0 Å². The number of ether oxygens (including phenoxy) is 1. The molecule has 0 N–H and O–H groups in total. The highest BCUT2D eigenvalue weighted by molar-refractivity contribution is 5.82. The summed E-state index contributed by atoms with van der Waals surface area (Å²) in [4.78, 5) is 13.8. The van der Waals surface area contributed by atoms with Gasteiger partial charge >= 0.3 is 0 Å². The van der Waals surface area contributed by atoms with E-state index in [0.717, 1.165) is 12.8 Å². The normalized spacial score (nSPS) is 23.7. The number of nitrogens with zero attached hydrogens (tertiary/aromatic N) is 4. The highest BCUT2D eigenvalue weighted by Crippen LogP contribution is 2.24. The van der Waals surface area contributed by atoms with Gasteiger partial charge in [-0.25, -0.2) is 0 Å². The number of rotatable bonds is 2. The Balaban J connectivity index is 1.56. The maximum atomic E-state index is 12.0. The zero-order valence-corrected chi connectivity index (χ0v) is 9.95. The van der Waals surface area contributed by atoms with Crippen LogP contribution in [0.2, 0.25) is 0 Å². The van der Waals surface area contributed by atoms with Crippen LogP contribution in [0.15, 0.2) is 12.4 Å². The van der Waals surface area contributed by atoms with E-state index in [-0.39, 0.29) is 18.1 Å². The number of carbonyl (C=O) groups excluding carboxylic acids is 1. The quantitative estimate of drug-likeness (QED) is 0.753. The topological polar surface area (TPSA) is 71.2 Å². The molecular weight excluding hydrogens is 232 g/mol. The Labute approximate surface area is 105 Å². The van der Waals surface area contributed by atoms with Crippen molar-refractivity contribution in [3.8, 4) is 6.07 Å². The number of aromatic nitrogens is 2. The molecule has 1 atom stereocenters. The lowest BCUT2D eigenvalue weighted by atomic mass is 10.1. The fourth-order valence-electron chi connectivity index (χ4n) is 2.37. The molecule has 1 amide bonds. The molecule has 0 aliphatic carbocycles. The van der Waals surface area contributed by atoms with Crippen molar-refractivity contribution >= 4 is 5.91 Å². The number of carbonyl (C=O) groups is 1. The summed E-state index contributed by atoms with van der Waals surface area (Å²) in [6, 6.07) is 2.24. The minimum atomic E-state index is -0.238. The molecule has 18 heavy (non-hydrogen) atoms. The molecule has 1 aromatic heterocycles. The van der Waals surface area contributed by atoms with Gasteiger partial charge in [-0.3, -0.25) is 9.48 Å². The van der Waals surface area contributed by atoms with Crippen LogP contribution in [0.3, 0.4) is 0 Å². The van der Waals surface area contributed by atoms with Crippen LogP contribution in [0.5, 0.6) is 0 Å². The lowest BCUT2D eigenvalue weighted by Gasteiger charge is -2.40. The van der Waals surface area contributed by atoms with Crippen molar-refractivity contribution in [1.82, 2.24) is 14.7 Å². The number of amides is 1. The molecule has 94 valence electrons. The van der Waals surface area contributed by atoms with E-state index in [0.29, 0.717) is 25.3 Å². The third-order valence-corrected chi connectivity index (χ3v) is 3.48. The summed E-state index contributed by atoms with van der Waals surface area (Å²) in [5.74, 6) is 0.0939. The lowest BCUT2D eigenvalue weighted by molar-refractivity contribution is -0.147. The van der Waals surface area contributed by atoms with Crippen LogP contribution in [-0.2, 0) is 9.53 Å². The van der Waals surface area contributed by atoms with E-state index >= 15 is 0 Å². The molecule has 0 bridgehead atoms. The molecule has 2 saturated heterocycles. The second kappa shape index (κ2) is 4.42. The van der Waals surface area contributed by atoms with Crippen molar-refractivity contribution in [3.05, 3.63) is 18.0 Å². The van der Waals surface area contributed by atoms with Crippen molar-refractivity contribution in [3.63, 3.8) is 0 Å². The Morgan fingerprint density at radius 2 is 2.39 bits per heavy atom. The number of hydrogen-bond donors (Lipinski definition) is 0. The van der Waals surface area contributed by atoms with Gasteiger partial charge in [-0.1, -0.05) is 0 Å². The summed E-state index contributed by atoms with van der Waals surface area (Å²) >= 11 is 0. The molecular formula is C12H14N4O2. The minimum absolute atomic E-state index is 0.0939. The molecule has 6 nitrogen and oxygen atoms in total. The standard InChI is InChI=1S/C12H14N4O2/c13-4-9-5-14-16(6-9)10-7-15(8-10)12(17)11-2-1-3-18-11/h5-6,10-11H,1-3,7-8H2. The fraction of sp³-hybridized carbons (Fsp3) is 0.583. The molecule has 2 aliphatic rings. The summed E-state index contributed by atoms with van der Waals surface area (Å²) in [5.41, 5.74) is 0.555. The van der Waals surface area contributed by atoms with Crippen LogP contribution in [0.25, 0.3) is 0 Å². The highest BCUT2D eigenvalue weighted by Gasteiger charge is 2.37. The average molecular weight is 246 g/mol. The smallest absolute Gasteiger partial charge is 0.251 e. The summed E-state index contributed by atoms with van der Waals surface area (Å²) in [7, 11) is 0. The van der Waals surface area contributed by atoms with Crippen molar-refractivity contribution < 1.29 is 9.53 Å². The zero-order valence-electron chi connectivity index (χ0n) is 9.95.